The molecule has 0 spiro atoms. The second kappa shape index (κ2) is 6.49. The smallest absolute Gasteiger partial charge is 0.312 e. The largest absolute Gasteiger partial charge is 0.502 e. The van der Waals surface area contributed by atoms with Gasteiger partial charge in [-0.05, 0) is 26.0 Å². The quantitative estimate of drug-likeness (QED) is 0.505. The maximum Gasteiger partial charge on any atom is 0.312 e. The van der Waals surface area contributed by atoms with E-state index in [9.17, 15) is 20.0 Å². The van der Waals surface area contributed by atoms with E-state index in [1.165, 1.54) is 6.07 Å². The lowest BCUT2D eigenvalue weighted by atomic mass is 10.2. The monoisotopic (exact) mass is 337 g/mol. The zero-order valence-corrected chi connectivity index (χ0v) is 12.9. The predicted molar refractivity (Wildman–Crippen MR) is 83.0 cm³/mol. The minimum absolute atomic E-state index is 0.00426. The number of rotatable bonds is 4. The molecule has 0 atom stereocenters. The highest BCUT2D eigenvalue weighted by Crippen LogP contribution is 2.32. The van der Waals surface area contributed by atoms with Crippen molar-refractivity contribution in [3.63, 3.8) is 0 Å². The van der Waals surface area contributed by atoms with Gasteiger partial charge in [-0.3, -0.25) is 14.9 Å². The van der Waals surface area contributed by atoms with Crippen LogP contribution in [0.2, 0.25) is 5.02 Å². The van der Waals surface area contributed by atoms with Crippen molar-refractivity contribution in [1.82, 2.24) is 5.43 Å². The van der Waals surface area contributed by atoms with E-state index >= 15 is 0 Å². The summed E-state index contributed by atoms with van der Waals surface area (Å²) in [5, 5.41) is 24.3. The summed E-state index contributed by atoms with van der Waals surface area (Å²) in [5.74, 6) is -0.0736. The number of amides is 1. The molecule has 0 fully saturated rings. The van der Waals surface area contributed by atoms with Crippen LogP contribution in [-0.2, 0) is 0 Å². The topological polar surface area (TPSA) is 118 Å². The number of furan rings is 1. The summed E-state index contributed by atoms with van der Waals surface area (Å²) in [6.45, 7) is 3.34. The molecule has 120 valence electrons. The Balaban J connectivity index is 2.19. The summed E-state index contributed by atoms with van der Waals surface area (Å²) in [6.07, 6.45) is 1.06. The molecule has 0 aliphatic heterocycles. The molecule has 0 aliphatic carbocycles. The number of nitro groups is 1. The van der Waals surface area contributed by atoms with Gasteiger partial charge in [-0.25, -0.2) is 5.43 Å². The molecular formula is C14H12ClN3O5. The number of nitro benzene ring substituents is 1. The Morgan fingerprint density at radius 2 is 2.13 bits per heavy atom. The predicted octanol–water partition coefficient (Wildman–Crippen LogP) is 2.93. The lowest BCUT2D eigenvalue weighted by molar-refractivity contribution is -0.385. The summed E-state index contributed by atoms with van der Waals surface area (Å²) < 4.78 is 5.23. The number of hydrazone groups is 1. The fourth-order valence-corrected chi connectivity index (χ4v) is 2.14. The molecule has 0 aliphatic rings. The van der Waals surface area contributed by atoms with E-state index in [2.05, 4.69) is 10.5 Å². The van der Waals surface area contributed by atoms with Gasteiger partial charge in [0.15, 0.2) is 0 Å². The lowest BCUT2D eigenvalue weighted by Crippen LogP contribution is -2.17. The van der Waals surface area contributed by atoms with E-state index in [4.69, 9.17) is 16.0 Å². The molecule has 2 N–H and O–H groups in total. The van der Waals surface area contributed by atoms with Gasteiger partial charge < -0.3 is 9.52 Å². The van der Waals surface area contributed by atoms with Crippen molar-refractivity contribution in [2.75, 3.05) is 0 Å². The van der Waals surface area contributed by atoms with Crippen LogP contribution in [0.4, 0.5) is 5.69 Å². The normalized spacial score (nSPS) is 10.9. The summed E-state index contributed by atoms with van der Waals surface area (Å²) in [4.78, 5) is 21.9. The Kier molecular flexibility index (Phi) is 4.65. The van der Waals surface area contributed by atoms with E-state index in [1.54, 1.807) is 19.9 Å². The van der Waals surface area contributed by atoms with Gasteiger partial charge in [0.2, 0.25) is 5.75 Å². The Morgan fingerprint density at radius 1 is 1.43 bits per heavy atom. The van der Waals surface area contributed by atoms with Crippen LogP contribution in [0.1, 0.15) is 27.4 Å². The number of aryl methyl sites for hydroxylation is 2. The van der Waals surface area contributed by atoms with Crippen molar-refractivity contribution in [3.8, 4) is 5.75 Å². The first-order chi connectivity index (χ1) is 10.8. The molecule has 2 aromatic rings. The third kappa shape index (κ3) is 3.67. The summed E-state index contributed by atoms with van der Waals surface area (Å²) in [5.41, 5.74) is 2.02. The van der Waals surface area contributed by atoms with Gasteiger partial charge in [0, 0.05) is 16.7 Å². The molecule has 0 unspecified atom stereocenters. The van der Waals surface area contributed by atoms with Crippen LogP contribution < -0.4 is 5.43 Å². The number of benzene rings is 1. The number of nitrogens with one attached hydrogen (secondary N) is 1. The summed E-state index contributed by atoms with van der Waals surface area (Å²) in [7, 11) is 0. The van der Waals surface area contributed by atoms with E-state index in [-0.39, 0.29) is 10.6 Å². The van der Waals surface area contributed by atoms with Crippen LogP contribution >= 0.6 is 11.6 Å². The highest BCUT2D eigenvalue weighted by atomic mass is 35.5. The highest BCUT2D eigenvalue weighted by Gasteiger charge is 2.18. The number of hydrogen-bond acceptors (Lipinski definition) is 6. The molecule has 0 saturated heterocycles. The van der Waals surface area contributed by atoms with E-state index < -0.39 is 22.3 Å². The zero-order chi connectivity index (χ0) is 17.1. The fraction of sp³-hybridized carbons (Fsp3) is 0.143. The van der Waals surface area contributed by atoms with Crippen LogP contribution in [0, 0.1) is 24.0 Å². The lowest BCUT2D eigenvalue weighted by Gasteiger charge is -2.02. The first-order valence-corrected chi connectivity index (χ1v) is 6.74. The van der Waals surface area contributed by atoms with E-state index in [0.29, 0.717) is 17.1 Å². The van der Waals surface area contributed by atoms with Crippen LogP contribution in [0.15, 0.2) is 27.7 Å². The third-order valence-electron chi connectivity index (χ3n) is 2.94. The number of nitrogens with zero attached hydrogens (tertiary/aromatic N) is 2. The molecule has 0 saturated carbocycles. The van der Waals surface area contributed by atoms with E-state index in [1.807, 2.05) is 0 Å². The number of carbonyl (C=O) groups is 1. The molecule has 8 nitrogen and oxygen atoms in total. The SMILES string of the molecule is Cc1cc(C(=O)NN=Cc2cc(Cl)cc([N+](=O)[O-])c2O)c(C)o1. The van der Waals surface area contributed by atoms with Crippen LogP contribution in [0.25, 0.3) is 0 Å². The van der Waals surface area contributed by atoms with Gasteiger partial charge in [0.25, 0.3) is 5.91 Å². The average molecular weight is 338 g/mol. The van der Waals surface area contributed by atoms with Crippen molar-refractivity contribution in [2.45, 2.75) is 13.8 Å². The average Bonchev–Trinajstić information content (AvgIpc) is 2.80. The first kappa shape index (κ1) is 16.5. The van der Waals surface area contributed by atoms with Gasteiger partial charge in [0.05, 0.1) is 16.7 Å². The standard InChI is InChI=1S/C14H12ClN3O5/c1-7-3-11(8(2)23-7)14(20)17-16-6-9-4-10(15)5-12(13(9)19)18(21)22/h3-6,19H,1-2H3,(H,17,20). The molecule has 9 heteroatoms. The second-order valence-electron chi connectivity index (χ2n) is 4.65. The molecule has 0 bridgehead atoms. The first-order valence-electron chi connectivity index (χ1n) is 6.37. The van der Waals surface area contributed by atoms with Crippen molar-refractivity contribution < 1.29 is 19.2 Å². The molecule has 23 heavy (non-hydrogen) atoms. The van der Waals surface area contributed by atoms with Crippen molar-refractivity contribution >= 4 is 29.4 Å². The zero-order valence-electron chi connectivity index (χ0n) is 12.2. The van der Waals surface area contributed by atoms with Crippen molar-refractivity contribution in [2.24, 2.45) is 5.10 Å². The number of phenols is 1. The van der Waals surface area contributed by atoms with Crippen LogP contribution in [-0.4, -0.2) is 22.2 Å². The molecule has 1 aromatic carbocycles. The molecule has 1 amide bonds. The van der Waals surface area contributed by atoms with Gasteiger partial charge in [-0.15, -0.1) is 0 Å². The molecule has 1 aromatic heterocycles. The number of carbonyl (C=O) groups excluding carboxylic acids is 1. The Morgan fingerprint density at radius 3 is 2.70 bits per heavy atom. The Bertz CT molecular complexity index is 813. The molecule has 0 radical (unpaired) electrons. The van der Waals surface area contributed by atoms with Crippen LogP contribution in [0.5, 0.6) is 5.75 Å². The van der Waals surface area contributed by atoms with Crippen LogP contribution in [0.3, 0.4) is 0 Å². The van der Waals surface area contributed by atoms with Gasteiger partial charge in [-0.1, -0.05) is 11.6 Å². The molecule has 1 heterocycles. The molecular weight excluding hydrogens is 326 g/mol. The maximum atomic E-state index is 11.9. The highest BCUT2D eigenvalue weighted by molar-refractivity contribution is 6.31. The number of aromatic hydroxyl groups is 1. The van der Waals surface area contributed by atoms with Gasteiger partial charge in [-0.2, -0.15) is 5.10 Å². The maximum absolute atomic E-state index is 11.9. The minimum atomic E-state index is -0.769. The van der Waals surface area contributed by atoms with Crippen molar-refractivity contribution in [3.05, 3.63) is 56.0 Å². The van der Waals surface area contributed by atoms with E-state index in [0.717, 1.165) is 12.3 Å². The number of hydrogen-bond donors (Lipinski definition) is 2. The Labute approximate surface area is 135 Å². The molecule has 2 rings (SSSR count). The third-order valence-corrected chi connectivity index (χ3v) is 3.15. The van der Waals surface area contributed by atoms with Crippen molar-refractivity contribution in [1.29, 1.82) is 0 Å². The second-order valence-corrected chi connectivity index (χ2v) is 5.08. The summed E-state index contributed by atoms with van der Waals surface area (Å²) >= 11 is 5.75. The van der Waals surface area contributed by atoms with Gasteiger partial charge in [0.1, 0.15) is 11.5 Å². The number of halogens is 1. The minimum Gasteiger partial charge on any atom is -0.502 e. The van der Waals surface area contributed by atoms with Gasteiger partial charge >= 0.3 is 5.69 Å². The fourth-order valence-electron chi connectivity index (χ4n) is 1.92. The summed E-state index contributed by atoms with van der Waals surface area (Å²) in [6, 6.07) is 3.86. The number of phenolic OH excluding ortho intramolecular Hbond substituents is 1. The Hall–Kier alpha value is -2.87.